The molecule has 6 heteroatoms. The fraction of sp³-hybridized carbons (Fsp3) is 0.944. The van der Waals surface area contributed by atoms with Crippen molar-refractivity contribution >= 4 is 18.3 Å². The molecule has 1 heterocycles. The van der Waals surface area contributed by atoms with Gasteiger partial charge >= 0.3 is 0 Å². The number of piperidine rings is 1. The summed E-state index contributed by atoms with van der Waals surface area (Å²) in [5, 5.41) is 3.27. The molecule has 2 saturated carbocycles. The lowest BCUT2D eigenvalue weighted by Gasteiger charge is -2.38. The zero-order valence-corrected chi connectivity index (χ0v) is 15.9. The maximum atomic E-state index is 12.5. The molecular formula is C18H34ClN3O2. The lowest BCUT2D eigenvalue weighted by molar-refractivity contribution is -0.124. The van der Waals surface area contributed by atoms with Gasteiger partial charge in [0, 0.05) is 32.3 Å². The Morgan fingerprint density at radius 1 is 1.29 bits per heavy atom. The van der Waals surface area contributed by atoms with Crippen molar-refractivity contribution in [3.63, 3.8) is 0 Å². The molecule has 0 aromatic rings. The SMILES string of the molecule is COC1CCN(CC(=O)NC(C)C2CC3CCC2C3)C(CN)C1.Cl. The number of halogens is 1. The molecule has 3 N–H and O–H groups in total. The smallest absolute Gasteiger partial charge is 0.234 e. The molecule has 0 radical (unpaired) electrons. The fourth-order valence-electron chi connectivity index (χ4n) is 5.23. The summed E-state index contributed by atoms with van der Waals surface area (Å²) in [5.74, 6) is 2.64. The quantitative estimate of drug-likeness (QED) is 0.758. The first-order chi connectivity index (χ1) is 11.1. The van der Waals surface area contributed by atoms with Gasteiger partial charge in [0.2, 0.25) is 5.91 Å². The predicted octanol–water partition coefficient (Wildman–Crippen LogP) is 1.79. The van der Waals surface area contributed by atoms with Gasteiger partial charge in [-0.3, -0.25) is 9.69 Å². The highest BCUT2D eigenvalue weighted by Gasteiger charge is 2.42. The zero-order valence-electron chi connectivity index (χ0n) is 15.1. The first-order valence-electron chi connectivity index (χ1n) is 9.37. The second-order valence-electron chi connectivity index (χ2n) is 7.94. The summed E-state index contributed by atoms with van der Waals surface area (Å²) in [6.07, 6.45) is 7.70. The Balaban J connectivity index is 0.00000208. The van der Waals surface area contributed by atoms with Gasteiger partial charge in [0.15, 0.2) is 0 Å². The first-order valence-corrected chi connectivity index (χ1v) is 9.37. The van der Waals surface area contributed by atoms with E-state index in [0.29, 0.717) is 25.0 Å². The van der Waals surface area contributed by atoms with Gasteiger partial charge in [0.1, 0.15) is 0 Å². The molecule has 6 atom stereocenters. The summed E-state index contributed by atoms with van der Waals surface area (Å²) in [7, 11) is 1.76. The van der Waals surface area contributed by atoms with Crippen LogP contribution in [-0.2, 0) is 9.53 Å². The van der Waals surface area contributed by atoms with Gasteiger partial charge in [-0.15, -0.1) is 12.4 Å². The van der Waals surface area contributed by atoms with Crippen LogP contribution < -0.4 is 11.1 Å². The Labute approximate surface area is 152 Å². The molecule has 1 aliphatic heterocycles. The molecular weight excluding hydrogens is 326 g/mol. The van der Waals surface area contributed by atoms with Gasteiger partial charge in [0.25, 0.3) is 0 Å². The van der Waals surface area contributed by atoms with Gasteiger partial charge in [-0.05, 0) is 56.8 Å². The molecule has 2 bridgehead atoms. The maximum absolute atomic E-state index is 12.5. The van der Waals surface area contributed by atoms with Crippen molar-refractivity contribution in [2.24, 2.45) is 23.5 Å². The van der Waals surface area contributed by atoms with Crippen LogP contribution in [0.2, 0.25) is 0 Å². The third-order valence-corrected chi connectivity index (χ3v) is 6.57. The summed E-state index contributed by atoms with van der Waals surface area (Å²) in [6.45, 7) is 4.16. The van der Waals surface area contributed by atoms with Crippen molar-refractivity contribution in [2.75, 3.05) is 26.7 Å². The highest BCUT2D eigenvalue weighted by Crippen LogP contribution is 2.49. The monoisotopic (exact) mass is 359 g/mol. The number of nitrogens with zero attached hydrogens (tertiary/aromatic N) is 1. The van der Waals surface area contributed by atoms with E-state index in [0.717, 1.165) is 31.2 Å². The predicted molar refractivity (Wildman–Crippen MR) is 98.2 cm³/mol. The topological polar surface area (TPSA) is 67.6 Å². The summed E-state index contributed by atoms with van der Waals surface area (Å²) in [5.41, 5.74) is 5.90. The van der Waals surface area contributed by atoms with Crippen molar-refractivity contribution in [1.82, 2.24) is 10.2 Å². The highest BCUT2D eigenvalue weighted by atomic mass is 35.5. The van der Waals surface area contributed by atoms with Crippen LogP contribution >= 0.6 is 12.4 Å². The molecule has 1 amide bonds. The van der Waals surface area contributed by atoms with Crippen LogP contribution in [0.5, 0.6) is 0 Å². The second kappa shape index (κ2) is 8.84. The molecule has 140 valence electrons. The lowest BCUT2D eigenvalue weighted by Crippen LogP contribution is -2.53. The van der Waals surface area contributed by atoms with E-state index in [4.69, 9.17) is 10.5 Å². The summed E-state index contributed by atoms with van der Waals surface area (Å²) in [4.78, 5) is 14.7. The van der Waals surface area contributed by atoms with Crippen LogP contribution in [0.4, 0.5) is 0 Å². The molecule has 0 aromatic carbocycles. The molecule has 5 nitrogen and oxygen atoms in total. The van der Waals surface area contributed by atoms with Crippen LogP contribution in [0, 0.1) is 17.8 Å². The Hall–Kier alpha value is -0.360. The van der Waals surface area contributed by atoms with Gasteiger partial charge in [-0.1, -0.05) is 6.42 Å². The average molecular weight is 360 g/mol. The van der Waals surface area contributed by atoms with E-state index in [1.165, 1.54) is 25.7 Å². The Morgan fingerprint density at radius 2 is 2.08 bits per heavy atom. The molecule has 0 spiro atoms. The van der Waals surface area contributed by atoms with E-state index in [1.54, 1.807) is 7.11 Å². The number of carbonyl (C=O) groups is 1. The first kappa shape index (κ1) is 20.0. The van der Waals surface area contributed by atoms with Crippen LogP contribution in [0.1, 0.15) is 45.4 Å². The second-order valence-corrected chi connectivity index (χ2v) is 7.94. The number of nitrogens with two attached hydrogens (primary N) is 1. The molecule has 3 rings (SSSR count). The third kappa shape index (κ3) is 4.43. The standard InChI is InChI=1S/C18H33N3O2.ClH/c1-12(17-8-13-3-4-14(17)7-13)20-18(22)11-21-6-5-16(23-2)9-15(21)10-19;/h12-17H,3-11,19H2,1-2H3,(H,20,22);1H. The number of methoxy groups -OCH3 is 1. The molecule has 0 aromatic heterocycles. The third-order valence-electron chi connectivity index (χ3n) is 6.57. The maximum Gasteiger partial charge on any atom is 0.234 e. The Bertz CT molecular complexity index is 423. The van der Waals surface area contributed by atoms with Crippen molar-refractivity contribution in [2.45, 2.75) is 63.6 Å². The number of hydrogen-bond donors (Lipinski definition) is 2. The molecule has 3 fully saturated rings. The summed E-state index contributed by atoms with van der Waals surface area (Å²) >= 11 is 0. The van der Waals surface area contributed by atoms with E-state index in [2.05, 4.69) is 17.1 Å². The molecule has 1 saturated heterocycles. The number of hydrogen-bond acceptors (Lipinski definition) is 4. The van der Waals surface area contributed by atoms with Crippen molar-refractivity contribution in [1.29, 1.82) is 0 Å². The molecule has 6 unspecified atom stereocenters. The van der Waals surface area contributed by atoms with Gasteiger partial charge in [-0.2, -0.15) is 0 Å². The molecule has 24 heavy (non-hydrogen) atoms. The van der Waals surface area contributed by atoms with E-state index in [9.17, 15) is 4.79 Å². The number of nitrogens with one attached hydrogen (secondary N) is 1. The van der Waals surface area contributed by atoms with E-state index >= 15 is 0 Å². The van der Waals surface area contributed by atoms with Crippen LogP contribution in [0.3, 0.4) is 0 Å². The number of carbonyl (C=O) groups excluding carboxylic acids is 1. The minimum atomic E-state index is 0. The largest absolute Gasteiger partial charge is 0.381 e. The van der Waals surface area contributed by atoms with Gasteiger partial charge in [0.05, 0.1) is 12.6 Å². The van der Waals surface area contributed by atoms with Gasteiger partial charge in [-0.25, -0.2) is 0 Å². The minimum Gasteiger partial charge on any atom is -0.381 e. The number of likely N-dealkylation sites (tertiary alicyclic amines) is 1. The average Bonchev–Trinajstić information content (AvgIpc) is 3.18. The van der Waals surface area contributed by atoms with Crippen LogP contribution in [0.15, 0.2) is 0 Å². The number of fused-ring (bicyclic) bond motifs is 2. The van der Waals surface area contributed by atoms with Crippen molar-refractivity contribution in [3.8, 4) is 0 Å². The van der Waals surface area contributed by atoms with E-state index < -0.39 is 0 Å². The molecule has 2 aliphatic carbocycles. The van der Waals surface area contributed by atoms with E-state index in [-0.39, 0.29) is 30.5 Å². The Morgan fingerprint density at radius 3 is 2.67 bits per heavy atom. The Kier molecular flexibility index (Phi) is 7.35. The van der Waals surface area contributed by atoms with Gasteiger partial charge < -0.3 is 15.8 Å². The van der Waals surface area contributed by atoms with Crippen LogP contribution in [0.25, 0.3) is 0 Å². The van der Waals surface area contributed by atoms with Crippen LogP contribution in [-0.4, -0.2) is 55.7 Å². The van der Waals surface area contributed by atoms with E-state index in [1.807, 2.05) is 0 Å². The highest BCUT2D eigenvalue weighted by molar-refractivity contribution is 5.85. The van der Waals surface area contributed by atoms with Crippen molar-refractivity contribution in [3.05, 3.63) is 0 Å². The number of ether oxygens (including phenoxy) is 1. The lowest BCUT2D eigenvalue weighted by atomic mass is 9.84. The zero-order chi connectivity index (χ0) is 16.4. The number of rotatable bonds is 6. The number of amides is 1. The minimum absolute atomic E-state index is 0. The normalized spacial score (nSPS) is 37.0. The fourth-order valence-corrected chi connectivity index (χ4v) is 5.23. The summed E-state index contributed by atoms with van der Waals surface area (Å²) < 4.78 is 5.45. The molecule has 3 aliphatic rings. The summed E-state index contributed by atoms with van der Waals surface area (Å²) in [6, 6.07) is 0.572. The van der Waals surface area contributed by atoms with Crippen molar-refractivity contribution < 1.29 is 9.53 Å².